The fraction of sp³-hybridized carbons (Fsp3) is 0.231. The standard InChI is InChI=1S/C26H23BrClN3O3S/c1-3-33-20-9-5-8-19-22-21(24(32)29-17-12-10-16(28)11-13-17)26(2,34-23(19)20)31(25(35)30-22)18-7-4-6-15(27)14-18/h4-14,21-22H,3H2,1-2H3,(H,29,32)(H,30,35)/t21-,22+,26-/m0/s1. The number of ether oxygens (including phenoxy) is 2. The Morgan fingerprint density at radius 3 is 2.69 bits per heavy atom. The van der Waals surface area contributed by atoms with Gasteiger partial charge in [-0.2, -0.15) is 0 Å². The van der Waals surface area contributed by atoms with Crippen LogP contribution in [-0.4, -0.2) is 23.4 Å². The van der Waals surface area contributed by atoms with Crippen LogP contribution < -0.4 is 25.0 Å². The lowest BCUT2D eigenvalue weighted by Crippen LogP contribution is -2.72. The molecule has 6 nitrogen and oxygen atoms in total. The third-order valence-electron chi connectivity index (χ3n) is 6.25. The van der Waals surface area contributed by atoms with Gasteiger partial charge in [-0.05, 0) is 74.6 Å². The first kappa shape index (κ1) is 23.9. The molecule has 180 valence electrons. The van der Waals surface area contributed by atoms with Crippen molar-refractivity contribution in [3.05, 3.63) is 81.8 Å². The van der Waals surface area contributed by atoms with Crippen LogP contribution in [0.4, 0.5) is 11.4 Å². The highest BCUT2D eigenvalue weighted by atomic mass is 79.9. The van der Waals surface area contributed by atoms with Gasteiger partial charge in [-0.3, -0.25) is 9.69 Å². The Balaban J connectivity index is 1.64. The van der Waals surface area contributed by atoms with Crippen molar-refractivity contribution in [2.45, 2.75) is 25.6 Å². The molecule has 1 saturated heterocycles. The number of para-hydroxylation sites is 1. The van der Waals surface area contributed by atoms with Gasteiger partial charge in [0.2, 0.25) is 5.91 Å². The third-order valence-corrected chi connectivity index (χ3v) is 7.30. The third kappa shape index (κ3) is 4.24. The molecule has 2 heterocycles. The number of hydrogen-bond donors (Lipinski definition) is 2. The molecule has 9 heteroatoms. The minimum atomic E-state index is -1.15. The van der Waals surface area contributed by atoms with Gasteiger partial charge in [0.1, 0.15) is 5.92 Å². The van der Waals surface area contributed by atoms with E-state index in [1.165, 1.54) is 0 Å². The Bertz CT molecular complexity index is 1310. The van der Waals surface area contributed by atoms with E-state index in [4.69, 9.17) is 33.3 Å². The van der Waals surface area contributed by atoms with Crippen molar-refractivity contribution in [3.63, 3.8) is 0 Å². The van der Waals surface area contributed by atoms with Crippen molar-refractivity contribution in [3.8, 4) is 11.5 Å². The molecule has 0 radical (unpaired) electrons. The summed E-state index contributed by atoms with van der Waals surface area (Å²) in [6, 6.07) is 20.0. The van der Waals surface area contributed by atoms with E-state index in [1.807, 2.05) is 61.2 Å². The molecule has 3 atom stereocenters. The van der Waals surface area contributed by atoms with Gasteiger partial charge in [-0.1, -0.05) is 45.7 Å². The highest BCUT2D eigenvalue weighted by Gasteiger charge is 2.59. The summed E-state index contributed by atoms with van der Waals surface area (Å²) < 4.78 is 13.5. The van der Waals surface area contributed by atoms with Crippen molar-refractivity contribution in [2.24, 2.45) is 5.92 Å². The smallest absolute Gasteiger partial charge is 0.236 e. The Morgan fingerprint density at radius 2 is 1.97 bits per heavy atom. The number of thiocarbonyl (C=S) groups is 1. The number of fused-ring (bicyclic) bond motifs is 4. The van der Waals surface area contributed by atoms with E-state index in [2.05, 4.69) is 26.6 Å². The number of nitrogens with zero attached hydrogens (tertiary/aromatic N) is 1. The first-order chi connectivity index (χ1) is 16.8. The summed E-state index contributed by atoms with van der Waals surface area (Å²) in [5.74, 6) is 0.365. The summed E-state index contributed by atoms with van der Waals surface area (Å²) in [5, 5.41) is 7.52. The SMILES string of the molecule is CCOc1cccc2c1O[C@@]1(C)[C@H](C(=O)Nc3ccc(Cl)cc3)[C@@H]2NC(=S)N1c1cccc(Br)c1. The van der Waals surface area contributed by atoms with E-state index in [-0.39, 0.29) is 5.91 Å². The first-order valence-corrected chi connectivity index (χ1v) is 12.8. The topological polar surface area (TPSA) is 62.8 Å². The second-order valence-electron chi connectivity index (χ2n) is 8.48. The maximum Gasteiger partial charge on any atom is 0.236 e. The summed E-state index contributed by atoms with van der Waals surface area (Å²) >= 11 is 15.4. The summed E-state index contributed by atoms with van der Waals surface area (Å²) in [5.41, 5.74) is 1.11. The minimum Gasteiger partial charge on any atom is -0.490 e. The first-order valence-electron chi connectivity index (χ1n) is 11.2. The zero-order chi connectivity index (χ0) is 24.7. The van der Waals surface area contributed by atoms with E-state index in [0.29, 0.717) is 33.9 Å². The van der Waals surface area contributed by atoms with Crippen LogP contribution in [0.5, 0.6) is 11.5 Å². The molecule has 1 fully saturated rings. The zero-order valence-electron chi connectivity index (χ0n) is 19.0. The molecule has 2 aliphatic rings. The summed E-state index contributed by atoms with van der Waals surface area (Å²) in [6.07, 6.45) is 0. The molecule has 0 unspecified atom stereocenters. The van der Waals surface area contributed by atoms with Crippen molar-refractivity contribution in [1.82, 2.24) is 5.32 Å². The minimum absolute atomic E-state index is 0.206. The second-order valence-corrected chi connectivity index (χ2v) is 10.2. The molecule has 5 rings (SSSR count). The van der Waals surface area contributed by atoms with Gasteiger partial charge in [-0.15, -0.1) is 0 Å². The Morgan fingerprint density at radius 1 is 1.23 bits per heavy atom. The van der Waals surface area contributed by atoms with Gasteiger partial charge in [-0.25, -0.2) is 0 Å². The lowest BCUT2D eigenvalue weighted by molar-refractivity contribution is -0.130. The molecule has 0 aromatic heterocycles. The average Bonchev–Trinajstić information content (AvgIpc) is 2.81. The van der Waals surface area contributed by atoms with Crippen LogP contribution in [0.2, 0.25) is 5.02 Å². The Hall–Kier alpha value is -2.81. The van der Waals surface area contributed by atoms with Crippen molar-refractivity contribution >= 4 is 62.1 Å². The molecule has 2 aliphatic heterocycles. The average molecular weight is 573 g/mol. The number of anilines is 2. The summed E-state index contributed by atoms with van der Waals surface area (Å²) in [6.45, 7) is 4.31. The van der Waals surface area contributed by atoms with Crippen LogP contribution in [0.25, 0.3) is 0 Å². The Labute approximate surface area is 222 Å². The van der Waals surface area contributed by atoms with Gasteiger partial charge >= 0.3 is 0 Å². The van der Waals surface area contributed by atoms with Crippen LogP contribution in [0.3, 0.4) is 0 Å². The molecule has 2 bridgehead atoms. The number of carbonyl (C=O) groups excluding carboxylic acids is 1. The van der Waals surface area contributed by atoms with Crippen LogP contribution in [0.15, 0.2) is 71.2 Å². The van der Waals surface area contributed by atoms with Gasteiger partial charge in [0.15, 0.2) is 22.3 Å². The van der Waals surface area contributed by atoms with Gasteiger partial charge in [0, 0.05) is 26.4 Å². The van der Waals surface area contributed by atoms with Crippen molar-refractivity contribution in [1.29, 1.82) is 0 Å². The molecule has 0 aliphatic carbocycles. The van der Waals surface area contributed by atoms with Gasteiger partial charge in [0.05, 0.1) is 12.6 Å². The zero-order valence-corrected chi connectivity index (χ0v) is 22.2. The van der Waals surface area contributed by atoms with E-state index < -0.39 is 17.7 Å². The van der Waals surface area contributed by atoms with Crippen LogP contribution in [-0.2, 0) is 4.79 Å². The number of hydrogen-bond acceptors (Lipinski definition) is 4. The van der Waals surface area contributed by atoms with Crippen molar-refractivity contribution < 1.29 is 14.3 Å². The van der Waals surface area contributed by atoms with E-state index >= 15 is 0 Å². The number of nitrogens with one attached hydrogen (secondary N) is 2. The largest absolute Gasteiger partial charge is 0.490 e. The second kappa shape index (κ2) is 9.33. The van der Waals surface area contributed by atoms with Crippen LogP contribution in [0, 0.1) is 5.92 Å². The fourth-order valence-corrected chi connectivity index (χ4v) is 5.72. The summed E-state index contributed by atoms with van der Waals surface area (Å²) in [4.78, 5) is 15.7. The highest BCUT2D eigenvalue weighted by molar-refractivity contribution is 9.10. The quantitative estimate of drug-likeness (QED) is 0.350. The molecule has 35 heavy (non-hydrogen) atoms. The van der Waals surface area contributed by atoms with E-state index in [1.54, 1.807) is 24.3 Å². The predicted molar refractivity (Wildman–Crippen MR) is 145 cm³/mol. The summed E-state index contributed by atoms with van der Waals surface area (Å²) in [7, 11) is 0. The number of halogens is 2. The number of rotatable bonds is 5. The predicted octanol–water partition coefficient (Wildman–Crippen LogP) is 6.30. The van der Waals surface area contributed by atoms with Crippen LogP contribution >= 0.6 is 39.7 Å². The van der Waals surface area contributed by atoms with E-state index in [9.17, 15) is 4.79 Å². The molecule has 3 aromatic rings. The molecular weight excluding hydrogens is 550 g/mol. The normalized spacial score (nSPS) is 22.5. The van der Waals surface area contributed by atoms with Gasteiger partial charge in [0.25, 0.3) is 0 Å². The molecular formula is C26H23BrClN3O3S. The lowest BCUT2D eigenvalue weighted by atomic mass is 9.78. The molecule has 0 spiro atoms. The monoisotopic (exact) mass is 571 g/mol. The van der Waals surface area contributed by atoms with Crippen molar-refractivity contribution in [2.75, 3.05) is 16.8 Å². The maximum atomic E-state index is 13.9. The number of carbonyl (C=O) groups is 1. The van der Waals surface area contributed by atoms with Gasteiger partial charge < -0.3 is 20.1 Å². The lowest BCUT2D eigenvalue weighted by Gasteiger charge is -2.56. The molecule has 0 saturated carbocycles. The number of amides is 1. The fourth-order valence-electron chi connectivity index (χ4n) is 4.80. The molecule has 1 amide bonds. The molecule has 2 N–H and O–H groups in total. The molecule has 3 aromatic carbocycles. The number of benzene rings is 3. The maximum absolute atomic E-state index is 13.9. The Kier molecular flexibility index (Phi) is 6.38. The van der Waals surface area contributed by atoms with E-state index in [0.717, 1.165) is 15.7 Å². The van der Waals surface area contributed by atoms with Crippen LogP contribution in [0.1, 0.15) is 25.5 Å². The highest BCUT2D eigenvalue weighted by Crippen LogP contribution is 2.52.